The lowest BCUT2D eigenvalue weighted by molar-refractivity contribution is -0.132. The predicted octanol–water partition coefficient (Wildman–Crippen LogP) is 0.358. The molecule has 0 aromatic carbocycles. The fourth-order valence-corrected chi connectivity index (χ4v) is 1.67. The van der Waals surface area contributed by atoms with Gasteiger partial charge in [0.05, 0.1) is 5.60 Å². The summed E-state index contributed by atoms with van der Waals surface area (Å²) in [5.74, 6) is 0.218. The highest BCUT2D eigenvalue weighted by Crippen LogP contribution is 2.12. The number of hydrogen-bond donors (Lipinski definition) is 2. The van der Waals surface area contributed by atoms with Crippen LogP contribution in [0.3, 0.4) is 0 Å². The van der Waals surface area contributed by atoms with Gasteiger partial charge >= 0.3 is 0 Å². The standard InChI is InChI=1S/C11H22N2O2/c1-4-11(2,15)8-12-9-5-6-10(14)13(3)7-9/h9,12,15H,4-8H2,1-3H3. The van der Waals surface area contributed by atoms with Gasteiger partial charge in [-0.15, -0.1) is 0 Å². The molecule has 15 heavy (non-hydrogen) atoms. The molecule has 0 aromatic heterocycles. The quantitative estimate of drug-likeness (QED) is 0.710. The number of piperidine rings is 1. The van der Waals surface area contributed by atoms with Gasteiger partial charge in [-0.3, -0.25) is 4.79 Å². The van der Waals surface area contributed by atoms with Crippen molar-refractivity contribution in [2.45, 2.75) is 44.8 Å². The van der Waals surface area contributed by atoms with Gasteiger partial charge in [0, 0.05) is 32.6 Å². The molecule has 1 amide bonds. The minimum Gasteiger partial charge on any atom is -0.389 e. The third kappa shape index (κ3) is 3.80. The molecule has 1 aliphatic rings. The van der Waals surface area contributed by atoms with Crippen molar-refractivity contribution < 1.29 is 9.90 Å². The lowest BCUT2D eigenvalue weighted by atomic mass is 10.0. The van der Waals surface area contributed by atoms with Crippen molar-refractivity contribution >= 4 is 5.91 Å². The van der Waals surface area contributed by atoms with Gasteiger partial charge in [-0.2, -0.15) is 0 Å². The molecule has 0 spiro atoms. The first kappa shape index (κ1) is 12.5. The number of likely N-dealkylation sites (N-methyl/N-ethyl adjacent to an activating group) is 1. The van der Waals surface area contributed by atoms with E-state index in [1.807, 2.05) is 20.9 Å². The third-order valence-corrected chi connectivity index (χ3v) is 3.16. The van der Waals surface area contributed by atoms with Crippen LogP contribution in [0.2, 0.25) is 0 Å². The second-order valence-corrected chi connectivity index (χ2v) is 4.74. The molecule has 0 radical (unpaired) electrons. The summed E-state index contributed by atoms with van der Waals surface area (Å²) in [6.45, 7) is 5.14. The number of rotatable bonds is 4. The van der Waals surface area contributed by atoms with Crippen molar-refractivity contribution in [1.29, 1.82) is 0 Å². The third-order valence-electron chi connectivity index (χ3n) is 3.16. The zero-order valence-corrected chi connectivity index (χ0v) is 9.92. The monoisotopic (exact) mass is 214 g/mol. The molecule has 1 saturated heterocycles. The van der Waals surface area contributed by atoms with Gasteiger partial charge in [-0.1, -0.05) is 6.92 Å². The maximum atomic E-state index is 11.2. The maximum Gasteiger partial charge on any atom is 0.222 e. The number of hydrogen-bond acceptors (Lipinski definition) is 3. The Balaban J connectivity index is 2.31. The van der Waals surface area contributed by atoms with E-state index in [2.05, 4.69) is 5.32 Å². The smallest absolute Gasteiger partial charge is 0.222 e. The summed E-state index contributed by atoms with van der Waals surface area (Å²) in [7, 11) is 1.83. The Hall–Kier alpha value is -0.610. The average Bonchev–Trinajstić information content (AvgIpc) is 2.20. The van der Waals surface area contributed by atoms with Gasteiger partial charge < -0.3 is 15.3 Å². The van der Waals surface area contributed by atoms with Crippen LogP contribution in [0.25, 0.3) is 0 Å². The van der Waals surface area contributed by atoms with Crippen LogP contribution in [-0.4, -0.2) is 47.7 Å². The van der Waals surface area contributed by atoms with E-state index >= 15 is 0 Å². The van der Waals surface area contributed by atoms with Crippen molar-refractivity contribution in [2.24, 2.45) is 0 Å². The first-order chi connectivity index (χ1) is 6.94. The van der Waals surface area contributed by atoms with E-state index in [1.165, 1.54) is 0 Å². The fourth-order valence-electron chi connectivity index (χ4n) is 1.67. The summed E-state index contributed by atoms with van der Waals surface area (Å²) >= 11 is 0. The van der Waals surface area contributed by atoms with E-state index in [0.29, 0.717) is 19.0 Å². The molecule has 1 fully saturated rings. The molecule has 0 saturated carbocycles. The molecule has 2 unspecified atom stereocenters. The SMILES string of the molecule is CCC(C)(O)CNC1CCC(=O)N(C)C1. The Bertz CT molecular complexity index is 229. The van der Waals surface area contributed by atoms with Crippen LogP contribution in [0.15, 0.2) is 0 Å². The van der Waals surface area contributed by atoms with Crippen LogP contribution in [0.5, 0.6) is 0 Å². The number of likely N-dealkylation sites (tertiary alicyclic amines) is 1. The summed E-state index contributed by atoms with van der Waals surface area (Å²) in [4.78, 5) is 13.0. The van der Waals surface area contributed by atoms with Crippen molar-refractivity contribution in [3.05, 3.63) is 0 Å². The first-order valence-corrected chi connectivity index (χ1v) is 5.64. The highest BCUT2D eigenvalue weighted by Gasteiger charge is 2.25. The van der Waals surface area contributed by atoms with Crippen LogP contribution in [0.4, 0.5) is 0 Å². The van der Waals surface area contributed by atoms with Crippen LogP contribution >= 0.6 is 0 Å². The molecule has 0 bridgehead atoms. The second-order valence-electron chi connectivity index (χ2n) is 4.74. The molecule has 1 aliphatic heterocycles. The molecular formula is C11H22N2O2. The lowest BCUT2D eigenvalue weighted by Gasteiger charge is -2.32. The molecule has 4 nitrogen and oxygen atoms in total. The van der Waals surface area contributed by atoms with Crippen LogP contribution < -0.4 is 5.32 Å². The van der Waals surface area contributed by atoms with Gasteiger partial charge in [0.25, 0.3) is 0 Å². The molecule has 2 N–H and O–H groups in total. The molecule has 1 heterocycles. The highest BCUT2D eigenvalue weighted by atomic mass is 16.3. The molecule has 88 valence electrons. The van der Waals surface area contributed by atoms with E-state index < -0.39 is 5.60 Å². The van der Waals surface area contributed by atoms with Crippen molar-refractivity contribution in [1.82, 2.24) is 10.2 Å². The Kier molecular flexibility index (Phi) is 4.11. The van der Waals surface area contributed by atoms with Gasteiger partial charge in [0.2, 0.25) is 5.91 Å². The van der Waals surface area contributed by atoms with Crippen molar-refractivity contribution in [3.63, 3.8) is 0 Å². The van der Waals surface area contributed by atoms with Crippen molar-refractivity contribution in [2.75, 3.05) is 20.1 Å². The van der Waals surface area contributed by atoms with E-state index in [9.17, 15) is 9.90 Å². The van der Waals surface area contributed by atoms with E-state index in [1.54, 1.807) is 4.90 Å². The molecule has 1 rings (SSSR count). The summed E-state index contributed by atoms with van der Waals surface area (Å²) in [5, 5.41) is 13.1. The molecule has 0 aromatic rings. The summed E-state index contributed by atoms with van der Waals surface area (Å²) < 4.78 is 0. The average molecular weight is 214 g/mol. The van der Waals surface area contributed by atoms with Crippen LogP contribution in [0, 0.1) is 0 Å². The Morgan fingerprint density at radius 3 is 2.87 bits per heavy atom. The minimum absolute atomic E-state index is 0.218. The Labute approximate surface area is 91.6 Å². The van der Waals surface area contributed by atoms with E-state index in [0.717, 1.165) is 19.4 Å². The number of carbonyl (C=O) groups excluding carboxylic acids is 1. The molecule has 2 atom stereocenters. The summed E-state index contributed by atoms with van der Waals surface area (Å²) in [6, 6.07) is 0.325. The lowest BCUT2D eigenvalue weighted by Crippen LogP contribution is -2.50. The number of carbonyl (C=O) groups is 1. The molecular weight excluding hydrogens is 192 g/mol. The van der Waals surface area contributed by atoms with Crippen LogP contribution in [-0.2, 0) is 4.79 Å². The zero-order valence-electron chi connectivity index (χ0n) is 9.92. The predicted molar refractivity (Wildman–Crippen MR) is 59.6 cm³/mol. The van der Waals surface area contributed by atoms with Crippen molar-refractivity contribution in [3.8, 4) is 0 Å². The van der Waals surface area contributed by atoms with Crippen LogP contribution in [0.1, 0.15) is 33.1 Å². The topological polar surface area (TPSA) is 52.6 Å². The number of nitrogens with zero attached hydrogens (tertiary/aromatic N) is 1. The van der Waals surface area contributed by atoms with Gasteiger partial charge in [0.1, 0.15) is 0 Å². The number of aliphatic hydroxyl groups is 1. The molecule has 4 heteroatoms. The van der Waals surface area contributed by atoms with Gasteiger partial charge in [0.15, 0.2) is 0 Å². The van der Waals surface area contributed by atoms with Gasteiger partial charge in [-0.25, -0.2) is 0 Å². The Morgan fingerprint density at radius 1 is 1.67 bits per heavy atom. The summed E-state index contributed by atoms with van der Waals surface area (Å²) in [6.07, 6.45) is 2.23. The van der Waals surface area contributed by atoms with E-state index in [4.69, 9.17) is 0 Å². The van der Waals surface area contributed by atoms with Gasteiger partial charge in [-0.05, 0) is 19.8 Å². The summed E-state index contributed by atoms with van der Waals surface area (Å²) in [5.41, 5.74) is -0.639. The normalized spacial score (nSPS) is 26.5. The zero-order chi connectivity index (χ0) is 11.5. The van der Waals surface area contributed by atoms with E-state index in [-0.39, 0.29) is 5.91 Å². The number of nitrogens with one attached hydrogen (secondary N) is 1. The minimum atomic E-state index is -0.639. The number of amides is 1. The largest absolute Gasteiger partial charge is 0.389 e. The fraction of sp³-hybridized carbons (Fsp3) is 0.909. The highest BCUT2D eigenvalue weighted by molar-refractivity contribution is 5.76. The molecule has 0 aliphatic carbocycles. The maximum absolute atomic E-state index is 11.2. The Morgan fingerprint density at radius 2 is 2.33 bits per heavy atom. The first-order valence-electron chi connectivity index (χ1n) is 5.64. The second kappa shape index (κ2) is 4.94.